The van der Waals surface area contributed by atoms with E-state index in [1.807, 2.05) is 49.4 Å². The summed E-state index contributed by atoms with van der Waals surface area (Å²) in [5.41, 5.74) is 4.05. The summed E-state index contributed by atoms with van der Waals surface area (Å²) in [4.78, 5) is 19.4. The van der Waals surface area contributed by atoms with Gasteiger partial charge in [-0.25, -0.2) is 4.98 Å². The summed E-state index contributed by atoms with van der Waals surface area (Å²) in [6.45, 7) is 4.15. The molecule has 2 aromatic carbocycles. The molecule has 0 saturated heterocycles. The molecule has 4 aromatic rings. The molecule has 0 unspecified atom stereocenters. The summed E-state index contributed by atoms with van der Waals surface area (Å²) < 4.78 is 1.31. The molecule has 5 heteroatoms. The van der Waals surface area contributed by atoms with E-state index < -0.39 is 0 Å². The molecule has 0 aliphatic heterocycles. The largest absolute Gasteiger partial charge is 0.283 e. The highest BCUT2D eigenvalue weighted by atomic mass is 32.1. The summed E-state index contributed by atoms with van der Waals surface area (Å²) in [5, 5.41) is 4.98. The van der Waals surface area contributed by atoms with Gasteiger partial charge in [0.15, 0.2) is 0 Å². The SMILES string of the molecule is CCc1ccc(/C=N\n2cnc3sc(C)c(-c4ccccc4)c3c2=O)cc1. The summed E-state index contributed by atoms with van der Waals surface area (Å²) in [5.74, 6) is 0. The maximum absolute atomic E-state index is 13.1. The second-order valence-corrected chi connectivity index (χ2v) is 7.52. The first-order valence-corrected chi connectivity index (χ1v) is 9.68. The van der Waals surface area contributed by atoms with Gasteiger partial charge in [0.05, 0.1) is 11.6 Å². The molecule has 27 heavy (non-hydrogen) atoms. The van der Waals surface area contributed by atoms with Crippen molar-refractivity contribution >= 4 is 27.8 Å². The first-order chi connectivity index (χ1) is 13.2. The molecule has 0 bridgehead atoms. The van der Waals surface area contributed by atoms with Gasteiger partial charge in [0.1, 0.15) is 11.2 Å². The van der Waals surface area contributed by atoms with Gasteiger partial charge in [-0.15, -0.1) is 11.3 Å². The number of thiophene rings is 1. The van der Waals surface area contributed by atoms with Crippen molar-refractivity contribution in [2.45, 2.75) is 20.3 Å². The second kappa shape index (κ2) is 7.29. The van der Waals surface area contributed by atoms with Crippen LogP contribution in [0.4, 0.5) is 0 Å². The molecule has 0 aliphatic rings. The van der Waals surface area contributed by atoms with Crippen molar-refractivity contribution in [1.29, 1.82) is 0 Å². The number of hydrogen-bond acceptors (Lipinski definition) is 4. The molecule has 4 nitrogen and oxygen atoms in total. The van der Waals surface area contributed by atoms with E-state index in [0.29, 0.717) is 5.39 Å². The minimum Gasteiger partial charge on any atom is -0.267 e. The zero-order valence-electron chi connectivity index (χ0n) is 15.2. The Bertz CT molecular complexity index is 1170. The fraction of sp³-hybridized carbons (Fsp3) is 0.136. The molecule has 0 atom stereocenters. The number of nitrogens with zero attached hydrogens (tertiary/aromatic N) is 3. The molecule has 0 aliphatic carbocycles. The van der Waals surface area contributed by atoms with Crippen molar-refractivity contribution in [2.75, 3.05) is 0 Å². The molecule has 4 rings (SSSR count). The third kappa shape index (κ3) is 3.34. The Kier molecular flexibility index (Phi) is 4.69. The summed E-state index contributed by atoms with van der Waals surface area (Å²) in [6, 6.07) is 18.1. The van der Waals surface area contributed by atoms with Crippen molar-refractivity contribution < 1.29 is 0 Å². The Balaban J connectivity index is 1.80. The smallest absolute Gasteiger partial charge is 0.267 e. The molecule has 2 aromatic heterocycles. The van der Waals surface area contributed by atoms with Crippen LogP contribution in [0.25, 0.3) is 21.3 Å². The standard InChI is InChI=1S/C22H19N3OS/c1-3-16-9-11-17(12-10-16)13-24-25-14-23-21-20(22(25)26)19(15(2)27-21)18-7-5-4-6-8-18/h4-14H,3H2,1-2H3/b24-13-. The van der Waals surface area contributed by atoms with E-state index in [4.69, 9.17) is 0 Å². The molecule has 2 heterocycles. The minimum atomic E-state index is -0.148. The Labute approximate surface area is 161 Å². The lowest BCUT2D eigenvalue weighted by atomic mass is 10.0. The molecule has 0 fully saturated rings. The lowest BCUT2D eigenvalue weighted by Gasteiger charge is -2.03. The number of rotatable bonds is 4. The first kappa shape index (κ1) is 17.4. The van der Waals surface area contributed by atoms with Crippen LogP contribution in [-0.4, -0.2) is 15.9 Å². The topological polar surface area (TPSA) is 47.2 Å². The Morgan fingerprint density at radius 2 is 1.85 bits per heavy atom. The Morgan fingerprint density at radius 1 is 1.11 bits per heavy atom. The molecular formula is C22H19N3OS. The molecular weight excluding hydrogens is 354 g/mol. The summed E-state index contributed by atoms with van der Waals surface area (Å²) >= 11 is 1.54. The van der Waals surface area contributed by atoms with Crippen molar-refractivity contribution in [3.8, 4) is 11.1 Å². The van der Waals surface area contributed by atoms with E-state index in [9.17, 15) is 4.79 Å². The van der Waals surface area contributed by atoms with Crippen LogP contribution in [0.15, 0.2) is 70.8 Å². The monoisotopic (exact) mass is 373 g/mol. The van der Waals surface area contributed by atoms with E-state index in [0.717, 1.165) is 32.8 Å². The van der Waals surface area contributed by atoms with E-state index in [2.05, 4.69) is 29.1 Å². The van der Waals surface area contributed by atoms with E-state index in [1.54, 1.807) is 6.21 Å². The average molecular weight is 373 g/mol. The Morgan fingerprint density at radius 3 is 2.56 bits per heavy atom. The van der Waals surface area contributed by atoms with Crippen LogP contribution in [-0.2, 0) is 6.42 Å². The van der Waals surface area contributed by atoms with Gasteiger partial charge in [-0.3, -0.25) is 4.79 Å². The van der Waals surface area contributed by atoms with Crippen LogP contribution in [0.3, 0.4) is 0 Å². The number of benzene rings is 2. The molecule has 134 valence electrons. The van der Waals surface area contributed by atoms with Crippen LogP contribution in [0, 0.1) is 6.92 Å². The second-order valence-electron chi connectivity index (χ2n) is 6.31. The quantitative estimate of drug-likeness (QED) is 0.479. The van der Waals surface area contributed by atoms with Gasteiger partial charge in [-0.05, 0) is 30.0 Å². The third-order valence-electron chi connectivity index (χ3n) is 4.55. The van der Waals surface area contributed by atoms with Gasteiger partial charge in [0.2, 0.25) is 0 Å². The predicted octanol–water partition coefficient (Wildman–Crippen LogP) is 4.88. The maximum atomic E-state index is 13.1. The molecule has 0 amide bonds. The summed E-state index contributed by atoms with van der Waals surface area (Å²) in [7, 11) is 0. The van der Waals surface area contributed by atoms with Gasteiger partial charge >= 0.3 is 0 Å². The molecule has 0 N–H and O–H groups in total. The van der Waals surface area contributed by atoms with Gasteiger partial charge in [0, 0.05) is 10.4 Å². The van der Waals surface area contributed by atoms with Crippen LogP contribution in [0.1, 0.15) is 22.9 Å². The van der Waals surface area contributed by atoms with Gasteiger partial charge in [0.25, 0.3) is 5.56 Å². The average Bonchev–Trinajstić information content (AvgIpc) is 3.05. The van der Waals surface area contributed by atoms with Gasteiger partial charge in [-0.2, -0.15) is 9.78 Å². The minimum absolute atomic E-state index is 0.148. The van der Waals surface area contributed by atoms with E-state index in [-0.39, 0.29) is 5.56 Å². The lowest BCUT2D eigenvalue weighted by Crippen LogP contribution is -2.16. The molecule has 0 saturated carbocycles. The zero-order chi connectivity index (χ0) is 18.8. The van der Waals surface area contributed by atoms with E-state index in [1.165, 1.54) is 27.9 Å². The van der Waals surface area contributed by atoms with Crippen molar-refractivity contribution in [3.63, 3.8) is 0 Å². The number of fused-ring (bicyclic) bond motifs is 1. The lowest BCUT2D eigenvalue weighted by molar-refractivity contribution is 0.819. The van der Waals surface area contributed by atoms with Crippen molar-refractivity contribution in [3.05, 3.63) is 87.3 Å². The van der Waals surface area contributed by atoms with Crippen LogP contribution >= 0.6 is 11.3 Å². The van der Waals surface area contributed by atoms with Crippen LogP contribution in [0.2, 0.25) is 0 Å². The number of aryl methyl sites for hydroxylation is 2. The predicted molar refractivity (Wildman–Crippen MR) is 113 cm³/mol. The van der Waals surface area contributed by atoms with Crippen LogP contribution in [0.5, 0.6) is 0 Å². The summed E-state index contributed by atoms with van der Waals surface area (Å²) in [6.07, 6.45) is 4.18. The highest BCUT2D eigenvalue weighted by Gasteiger charge is 2.16. The zero-order valence-corrected chi connectivity index (χ0v) is 16.0. The van der Waals surface area contributed by atoms with Crippen LogP contribution < -0.4 is 5.56 Å². The van der Waals surface area contributed by atoms with Crippen molar-refractivity contribution in [2.24, 2.45) is 5.10 Å². The highest BCUT2D eigenvalue weighted by Crippen LogP contribution is 2.35. The third-order valence-corrected chi connectivity index (χ3v) is 5.57. The molecule has 0 radical (unpaired) electrons. The number of aromatic nitrogens is 2. The Hall–Kier alpha value is -3.05. The van der Waals surface area contributed by atoms with Crippen molar-refractivity contribution in [1.82, 2.24) is 9.66 Å². The molecule has 0 spiro atoms. The fourth-order valence-corrected chi connectivity index (χ4v) is 4.10. The highest BCUT2D eigenvalue weighted by molar-refractivity contribution is 7.19. The maximum Gasteiger partial charge on any atom is 0.283 e. The number of hydrogen-bond donors (Lipinski definition) is 0. The first-order valence-electron chi connectivity index (χ1n) is 8.87. The van der Waals surface area contributed by atoms with Gasteiger partial charge in [-0.1, -0.05) is 61.5 Å². The van der Waals surface area contributed by atoms with E-state index >= 15 is 0 Å². The normalized spacial score (nSPS) is 11.5. The van der Waals surface area contributed by atoms with Gasteiger partial charge < -0.3 is 0 Å². The fourth-order valence-electron chi connectivity index (χ4n) is 3.10.